The van der Waals surface area contributed by atoms with E-state index in [0.29, 0.717) is 105 Å². The molecule has 65 heavy (non-hydrogen) atoms. The number of rotatable bonds is 43. The van der Waals surface area contributed by atoms with Gasteiger partial charge in [-0.05, 0) is 77.3 Å². The van der Waals surface area contributed by atoms with Crippen LogP contribution < -0.4 is 31.9 Å². The molecule has 21 heteroatoms. The van der Waals surface area contributed by atoms with Crippen LogP contribution in [0.25, 0.3) is 0 Å². The Bertz CT molecular complexity index is 1230. The summed E-state index contributed by atoms with van der Waals surface area (Å²) in [6.45, 7) is 16.4. The van der Waals surface area contributed by atoms with Gasteiger partial charge in [0, 0.05) is 84.8 Å². The predicted octanol–water partition coefficient (Wildman–Crippen LogP) is 4.95. The predicted molar refractivity (Wildman–Crippen MR) is 253 cm³/mol. The van der Waals surface area contributed by atoms with Crippen LogP contribution in [0.5, 0.6) is 0 Å². The summed E-state index contributed by atoms with van der Waals surface area (Å²) in [5, 5.41) is 16.9. The fraction of sp³-hybridized carbons (Fsp3) is 0.864. The van der Waals surface area contributed by atoms with Crippen LogP contribution in [-0.4, -0.2) is 177 Å². The Morgan fingerprint density at radius 1 is 0.446 bits per heavy atom. The molecule has 380 valence electrons. The zero-order valence-corrected chi connectivity index (χ0v) is 41.2. The molecule has 0 heterocycles. The monoisotopic (exact) mass is 951 g/mol. The summed E-state index contributed by atoms with van der Waals surface area (Å²) < 4.78 is 31.9. The number of hydrogen-bond acceptors (Lipinski definition) is 15. The summed E-state index contributed by atoms with van der Waals surface area (Å²) >= 11 is 1.28. The van der Waals surface area contributed by atoms with Crippen LogP contribution in [0.4, 0.5) is 19.2 Å². The fourth-order valence-electron chi connectivity index (χ4n) is 5.82. The smallest absolute Gasteiger partial charge is 0.407 e. The van der Waals surface area contributed by atoms with E-state index in [2.05, 4.69) is 31.9 Å². The molecular weight excluding hydrogens is 865 g/mol. The second-order valence-corrected chi connectivity index (χ2v) is 16.1. The van der Waals surface area contributed by atoms with E-state index >= 15 is 0 Å². The molecule has 0 fully saturated rings. The third kappa shape index (κ3) is 43.8. The Hall–Kier alpha value is -3.79. The van der Waals surface area contributed by atoms with Crippen LogP contribution in [0.3, 0.4) is 0 Å². The first kappa shape index (κ1) is 61.2. The fourth-order valence-corrected chi connectivity index (χ4v) is 6.06. The molecule has 0 unspecified atom stereocenters. The van der Waals surface area contributed by atoms with Crippen molar-refractivity contribution in [1.29, 1.82) is 0 Å². The molecule has 6 N–H and O–H groups in total. The van der Waals surface area contributed by atoms with E-state index in [4.69, 9.17) is 27.9 Å². The molecule has 0 aliphatic rings. The number of unbranched alkanes of at least 4 members (excludes halogenated alkanes) is 7. The van der Waals surface area contributed by atoms with Crippen LogP contribution in [0.2, 0.25) is 0 Å². The van der Waals surface area contributed by atoms with Crippen molar-refractivity contribution in [3.05, 3.63) is 0 Å². The van der Waals surface area contributed by atoms with E-state index < -0.39 is 12.2 Å². The second kappa shape index (κ2) is 45.4. The minimum atomic E-state index is -0.473. The number of urea groups is 2. The van der Waals surface area contributed by atoms with Gasteiger partial charge in [0.1, 0.15) is 13.2 Å². The number of ether oxygens (including phenoxy) is 5. The normalized spacial score (nSPS) is 11.0. The maximum Gasteiger partial charge on any atom is 0.407 e. The minimum absolute atomic E-state index is 0.110. The van der Waals surface area contributed by atoms with E-state index in [1.54, 1.807) is 0 Å². The van der Waals surface area contributed by atoms with Crippen molar-refractivity contribution in [2.45, 2.75) is 124 Å². The number of alkyl carbamates (subject to hydrolysis) is 2. The molecule has 0 aliphatic carbocycles. The highest BCUT2D eigenvalue weighted by atomic mass is 32.2. The van der Waals surface area contributed by atoms with Crippen molar-refractivity contribution in [1.82, 2.24) is 41.7 Å². The number of carbonyl (C=O) groups excluding carboxylic acids is 6. The number of nitrogens with one attached hydrogen (secondary N) is 6. The minimum Gasteiger partial charge on any atom is -0.466 e. The largest absolute Gasteiger partial charge is 0.466 e. The highest BCUT2D eigenvalue weighted by Crippen LogP contribution is 2.02. The standard InChI is InChI=1S/C44H86N8O12S/c1-6-32-60-39(53)18-26-51(28-34-59-38(3)4)29-35-62-43(57)49-24-14-10-8-12-20-45-41(55)47-22-16-17-23-48-42(56)46-21-13-9-11-15-25-50-44(58)63-36-30-52(31-37-64-65-5)27-19-40(54)61-33-7-2/h38H,6-37H2,1-5H3,(H,49,57)(H,50,58)(H2,45,47,55)(H2,46,48,56). The van der Waals surface area contributed by atoms with E-state index in [0.717, 1.165) is 77.0 Å². The number of nitrogens with zero attached hydrogens (tertiary/aromatic N) is 2. The van der Waals surface area contributed by atoms with Crippen LogP contribution in [0.15, 0.2) is 0 Å². The molecular formula is C44H86N8O12S. The van der Waals surface area contributed by atoms with Crippen molar-refractivity contribution in [2.24, 2.45) is 0 Å². The van der Waals surface area contributed by atoms with Gasteiger partial charge in [0.05, 0.1) is 45.4 Å². The number of hydrogen-bond donors (Lipinski definition) is 6. The third-order valence-electron chi connectivity index (χ3n) is 9.44. The maximum absolute atomic E-state index is 12.1. The molecule has 0 saturated heterocycles. The molecule has 0 atom stereocenters. The molecule has 0 aliphatic heterocycles. The number of esters is 2. The van der Waals surface area contributed by atoms with E-state index in [1.807, 2.05) is 43.8 Å². The molecule has 20 nitrogen and oxygen atoms in total. The van der Waals surface area contributed by atoms with Gasteiger partial charge in [0.2, 0.25) is 0 Å². The van der Waals surface area contributed by atoms with Gasteiger partial charge >= 0.3 is 36.2 Å². The summed E-state index contributed by atoms with van der Waals surface area (Å²) in [6, 6.07) is -0.436. The number of carbonyl (C=O) groups is 6. The van der Waals surface area contributed by atoms with Crippen LogP contribution in [0, 0.1) is 0 Å². The maximum atomic E-state index is 12.1. The molecule has 0 saturated carbocycles. The van der Waals surface area contributed by atoms with Crippen LogP contribution in [-0.2, 0) is 37.5 Å². The van der Waals surface area contributed by atoms with Crippen molar-refractivity contribution in [3.8, 4) is 0 Å². The Morgan fingerprint density at radius 2 is 0.800 bits per heavy atom. The molecule has 0 radical (unpaired) electrons. The molecule has 0 aromatic carbocycles. The molecule has 6 amide bonds. The Balaban J connectivity index is 3.76. The molecule has 0 aromatic rings. The van der Waals surface area contributed by atoms with E-state index in [-0.39, 0.29) is 56.2 Å². The van der Waals surface area contributed by atoms with Gasteiger partial charge in [0.25, 0.3) is 0 Å². The van der Waals surface area contributed by atoms with Gasteiger partial charge in [-0.3, -0.25) is 19.4 Å². The van der Waals surface area contributed by atoms with Crippen molar-refractivity contribution < 1.29 is 56.6 Å². The summed E-state index contributed by atoms with van der Waals surface area (Å²) in [5.41, 5.74) is 0. The van der Waals surface area contributed by atoms with Crippen molar-refractivity contribution in [3.63, 3.8) is 0 Å². The summed E-state index contributed by atoms with van der Waals surface area (Å²) in [5.74, 6) is -0.479. The average Bonchev–Trinajstić information content (AvgIpc) is 3.28. The lowest BCUT2D eigenvalue weighted by molar-refractivity contribution is -0.145. The molecule has 0 bridgehead atoms. The van der Waals surface area contributed by atoms with Gasteiger partial charge in [-0.15, -0.1) is 0 Å². The Morgan fingerprint density at radius 3 is 1.17 bits per heavy atom. The topological polar surface area (TPSA) is 236 Å². The quantitative estimate of drug-likeness (QED) is 0.0205. The van der Waals surface area contributed by atoms with Crippen LogP contribution in [0.1, 0.15) is 118 Å². The van der Waals surface area contributed by atoms with Gasteiger partial charge in [-0.1, -0.05) is 39.5 Å². The first-order valence-corrected chi connectivity index (χ1v) is 25.0. The van der Waals surface area contributed by atoms with Gasteiger partial charge in [-0.2, -0.15) is 0 Å². The summed E-state index contributed by atoms with van der Waals surface area (Å²) in [7, 11) is 0. The van der Waals surface area contributed by atoms with Gasteiger partial charge < -0.3 is 59.8 Å². The second-order valence-electron chi connectivity index (χ2n) is 15.6. The lowest BCUT2D eigenvalue weighted by Gasteiger charge is -2.22. The van der Waals surface area contributed by atoms with E-state index in [1.165, 1.54) is 12.0 Å². The van der Waals surface area contributed by atoms with Crippen molar-refractivity contribution in [2.75, 3.05) is 124 Å². The first-order chi connectivity index (χ1) is 31.5. The highest BCUT2D eigenvalue weighted by molar-refractivity contribution is 7.93. The first-order valence-electron chi connectivity index (χ1n) is 23.9. The highest BCUT2D eigenvalue weighted by Gasteiger charge is 2.13. The van der Waals surface area contributed by atoms with Gasteiger partial charge in [-0.25, -0.2) is 19.2 Å². The van der Waals surface area contributed by atoms with Gasteiger partial charge in [0.15, 0.2) is 0 Å². The lowest BCUT2D eigenvalue weighted by Crippen LogP contribution is -2.38. The van der Waals surface area contributed by atoms with Crippen molar-refractivity contribution >= 4 is 48.2 Å². The average molecular weight is 951 g/mol. The van der Waals surface area contributed by atoms with Crippen LogP contribution >= 0.6 is 12.0 Å². The lowest BCUT2D eigenvalue weighted by atomic mass is 10.2. The zero-order valence-electron chi connectivity index (χ0n) is 40.4. The summed E-state index contributed by atoms with van der Waals surface area (Å²) in [4.78, 5) is 76.2. The SMILES string of the molecule is CCCOC(=O)CCN(CCOSC)CCOC(=O)NCCCCCCNC(=O)NCCCCNC(=O)NCCCCCCNC(=O)OCCN(CCOC(C)C)CCC(=O)OCCC. The molecule has 0 rings (SSSR count). The molecule has 0 spiro atoms. The Labute approximate surface area is 393 Å². The van der Waals surface area contributed by atoms with E-state index in [9.17, 15) is 28.8 Å². The third-order valence-corrected chi connectivity index (χ3v) is 9.84. The molecule has 0 aromatic heterocycles. The number of amides is 6. The zero-order chi connectivity index (χ0) is 48.0. The Kier molecular flexibility index (Phi) is 42.7. The summed E-state index contributed by atoms with van der Waals surface area (Å²) in [6.07, 6.45) is 11.4.